The molecule has 1 aliphatic rings. The molecule has 2 rings (SSSR count). The lowest BCUT2D eigenvalue weighted by Gasteiger charge is -2.34. The smallest absolute Gasteiger partial charge is 0.460 e. The fourth-order valence-corrected chi connectivity index (χ4v) is 2.80. The van der Waals surface area contributed by atoms with Crippen LogP contribution in [-0.4, -0.2) is 42.4 Å². The second-order valence-electron chi connectivity index (χ2n) is 7.30. The summed E-state index contributed by atoms with van der Waals surface area (Å²) in [7, 11) is -0.785. The second kappa shape index (κ2) is 8.61. The van der Waals surface area contributed by atoms with Gasteiger partial charge in [-0.25, -0.2) is 0 Å². The zero-order valence-corrected chi connectivity index (χ0v) is 15.3. The first-order chi connectivity index (χ1) is 12.2. The molecule has 0 amide bonds. The molecule has 2 atom stereocenters. The summed E-state index contributed by atoms with van der Waals surface area (Å²) < 4.78 is 17.1. The summed E-state index contributed by atoms with van der Waals surface area (Å²) in [6.07, 6.45) is 0.624. The zero-order chi connectivity index (χ0) is 19.3. The molecule has 0 bridgehead atoms. The van der Waals surface area contributed by atoms with E-state index in [1.165, 1.54) is 12.1 Å². The quantitative estimate of drug-likeness (QED) is 0.352. The average Bonchev–Trinajstić information content (AvgIpc) is 2.53. The predicted molar refractivity (Wildman–Crippen MR) is 97.0 cm³/mol. The van der Waals surface area contributed by atoms with Crippen LogP contribution in [0.1, 0.15) is 40.0 Å². The molecule has 0 aliphatic carbocycles. The van der Waals surface area contributed by atoms with Crippen molar-refractivity contribution in [3.05, 3.63) is 34.4 Å². The van der Waals surface area contributed by atoms with Gasteiger partial charge in [0.2, 0.25) is 0 Å². The number of esters is 1. The minimum absolute atomic E-state index is 0.0423. The van der Waals surface area contributed by atoms with Gasteiger partial charge in [0.05, 0.1) is 17.4 Å². The molecule has 0 unspecified atom stereocenters. The molecule has 1 saturated heterocycles. The summed E-state index contributed by atoms with van der Waals surface area (Å²) >= 11 is 0. The molecule has 0 aromatic heterocycles. The first-order valence-corrected chi connectivity index (χ1v) is 8.65. The van der Waals surface area contributed by atoms with Gasteiger partial charge in [0.15, 0.2) is 0 Å². The van der Waals surface area contributed by atoms with Crippen LogP contribution in [-0.2, 0) is 18.8 Å². The van der Waals surface area contributed by atoms with E-state index in [1.807, 2.05) is 0 Å². The monoisotopic (exact) mass is 364 g/mol. The highest BCUT2D eigenvalue weighted by molar-refractivity contribution is 6.61. The third-order valence-electron chi connectivity index (χ3n) is 3.81. The maximum atomic E-state index is 12.1. The maximum Gasteiger partial charge on any atom is 0.494 e. The van der Waals surface area contributed by atoms with E-state index in [4.69, 9.17) is 19.8 Å². The van der Waals surface area contributed by atoms with Crippen LogP contribution < -0.4 is 11.2 Å². The summed E-state index contributed by atoms with van der Waals surface area (Å²) in [4.78, 5) is 22.6. The molecule has 142 valence electrons. The first kappa shape index (κ1) is 20.3. The lowest BCUT2D eigenvalue weighted by molar-refractivity contribution is -0.384. The highest BCUT2D eigenvalue weighted by Gasteiger charge is 2.37. The lowest BCUT2D eigenvalue weighted by Crippen LogP contribution is -2.49. The van der Waals surface area contributed by atoms with Crippen LogP contribution in [0.4, 0.5) is 5.69 Å². The Morgan fingerprint density at radius 3 is 2.69 bits per heavy atom. The molecule has 1 aliphatic heterocycles. The van der Waals surface area contributed by atoms with Crippen LogP contribution in [0, 0.1) is 10.1 Å². The van der Waals surface area contributed by atoms with Gasteiger partial charge in [0, 0.05) is 18.2 Å². The van der Waals surface area contributed by atoms with Crippen LogP contribution in [0.2, 0.25) is 0 Å². The number of carbonyl (C=O) groups excluding carboxylic acids is 1. The summed E-state index contributed by atoms with van der Waals surface area (Å²) in [5, 5.41) is 11.0. The Hall–Kier alpha value is -1.97. The van der Waals surface area contributed by atoms with E-state index in [9.17, 15) is 14.9 Å². The van der Waals surface area contributed by atoms with Crippen molar-refractivity contribution in [3.63, 3.8) is 0 Å². The Labute approximate surface area is 153 Å². The third-order valence-corrected chi connectivity index (χ3v) is 3.81. The van der Waals surface area contributed by atoms with Crippen LogP contribution in [0.15, 0.2) is 24.3 Å². The van der Waals surface area contributed by atoms with Gasteiger partial charge in [-0.15, -0.1) is 0 Å². The van der Waals surface area contributed by atoms with Gasteiger partial charge < -0.3 is 19.8 Å². The number of nitrogens with zero attached hydrogens (tertiary/aromatic N) is 1. The number of carbonyl (C=O) groups is 1. The van der Waals surface area contributed by atoms with E-state index in [2.05, 4.69) is 0 Å². The Bertz CT molecular complexity index is 648. The second-order valence-corrected chi connectivity index (χ2v) is 7.30. The van der Waals surface area contributed by atoms with Gasteiger partial charge in [-0.05, 0) is 45.6 Å². The summed E-state index contributed by atoms with van der Waals surface area (Å²) in [5.74, 6) is -0.353. The van der Waals surface area contributed by atoms with Gasteiger partial charge in [-0.2, -0.15) is 0 Å². The molecule has 0 spiro atoms. The molecular weight excluding hydrogens is 339 g/mol. The number of ether oxygens (including phenoxy) is 1. The predicted octanol–water partition coefficient (Wildman–Crippen LogP) is 1.54. The van der Waals surface area contributed by atoms with Crippen molar-refractivity contribution >= 4 is 24.2 Å². The van der Waals surface area contributed by atoms with Crippen molar-refractivity contribution in [2.75, 3.05) is 6.54 Å². The minimum Gasteiger partial charge on any atom is -0.460 e. The maximum absolute atomic E-state index is 12.1. The normalized spacial score (nSPS) is 20.7. The topological polar surface area (TPSA) is 114 Å². The van der Waals surface area contributed by atoms with E-state index in [-0.39, 0.29) is 24.2 Å². The van der Waals surface area contributed by atoms with Crippen LogP contribution in [0.25, 0.3) is 0 Å². The molecular formula is C17H25BN2O6. The lowest BCUT2D eigenvalue weighted by atomic mass is 9.76. The first-order valence-electron chi connectivity index (χ1n) is 8.65. The number of nitrogens with two attached hydrogens (primary N) is 1. The molecule has 9 heteroatoms. The van der Waals surface area contributed by atoms with E-state index >= 15 is 0 Å². The average molecular weight is 364 g/mol. The summed E-state index contributed by atoms with van der Waals surface area (Å²) in [6.45, 7) is 5.85. The Morgan fingerprint density at radius 1 is 1.38 bits per heavy atom. The van der Waals surface area contributed by atoms with Gasteiger partial charge in [0.25, 0.3) is 5.69 Å². The van der Waals surface area contributed by atoms with Crippen molar-refractivity contribution in [2.24, 2.45) is 5.73 Å². The molecule has 0 radical (unpaired) electrons. The van der Waals surface area contributed by atoms with Crippen LogP contribution in [0.5, 0.6) is 0 Å². The van der Waals surface area contributed by atoms with E-state index in [0.29, 0.717) is 24.8 Å². The Kier molecular flexibility index (Phi) is 6.74. The number of nitro benzene ring substituents is 1. The molecule has 1 aromatic rings. The summed E-state index contributed by atoms with van der Waals surface area (Å²) in [6, 6.07) is 6.10. The van der Waals surface area contributed by atoms with Crippen molar-refractivity contribution in [3.8, 4) is 0 Å². The van der Waals surface area contributed by atoms with Crippen LogP contribution in [0.3, 0.4) is 0 Å². The number of benzene rings is 1. The molecule has 26 heavy (non-hydrogen) atoms. The molecule has 1 fully saturated rings. The standard InChI is InChI=1S/C17H25BN2O6/c1-17(2,3)24-16(21)11-15-10-14(7-8-19)25-18(26-15)12-5-4-6-13(9-12)20(22)23/h4-6,9,14-15H,7-8,10-11,19H2,1-3H3/t14-,15-/m1/s1. The molecule has 0 saturated carbocycles. The molecule has 1 aromatic carbocycles. The van der Waals surface area contributed by atoms with Gasteiger partial charge in [-0.3, -0.25) is 14.9 Å². The minimum atomic E-state index is -0.785. The highest BCUT2D eigenvalue weighted by atomic mass is 16.6. The SMILES string of the molecule is CC(C)(C)OC(=O)C[C@H]1C[C@@H](CCN)OB(c2cccc([N+](=O)[O-])c2)O1. The van der Waals surface area contributed by atoms with Crippen molar-refractivity contribution in [1.82, 2.24) is 0 Å². The van der Waals surface area contributed by atoms with Gasteiger partial charge in [-0.1, -0.05) is 12.1 Å². The van der Waals surface area contributed by atoms with Crippen LogP contribution >= 0.6 is 0 Å². The summed E-state index contributed by atoms with van der Waals surface area (Å²) in [5.41, 5.74) is 5.56. The van der Waals surface area contributed by atoms with Gasteiger partial charge in [0.1, 0.15) is 5.60 Å². The fourth-order valence-electron chi connectivity index (χ4n) is 2.80. The van der Waals surface area contributed by atoms with E-state index in [0.717, 1.165) is 0 Å². The Balaban J connectivity index is 2.12. The number of non-ortho nitro benzene ring substituents is 1. The third kappa shape index (κ3) is 6.08. The largest absolute Gasteiger partial charge is 0.494 e. The number of hydrogen-bond donors (Lipinski definition) is 1. The zero-order valence-electron chi connectivity index (χ0n) is 15.3. The fraction of sp³-hybridized carbons (Fsp3) is 0.588. The van der Waals surface area contributed by atoms with E-state index in [1.54, 1.807) is 32.9 Å². The Morgan fingerprint density at radius 2 is 2.08 bits per heavy atom. The number of nitro groups is 1. The number of hydrogen-bond acceptors (Lipinski definition) is 7. The van der Waals surface area contributed by atoms with Crippen molar-refractivity contribution in [2.45, 2.75) is 57.8 Å². The van der Waals surface area contributed by atoms with Crippen molar-refractivity contribution in [1.29, 1.82) is 0 Å². The molecule has 1 heterocycles. The van der Waals surface area contributed by atoms with Crippen molar-refractivity contribution < 1.29 is 23.8 Å². The highest BCUT2D eigenvalue weighted by Crippen LogP contribution is 2.23. The molecule has 8 nitrogen and oxygen atoms in total. The number of rotatable bonds is 6. The van der Waals surface area contributed by atoms with E-state index < -0.39 is 23.7 Å². The molecule has 2 N–H and O–H groups in total. The van der Waals surface area contributed by atoms with Gasteiger partial charge >= 0.3 is 13.1 Å².